The van der Waals surface area contributed by atoms with E-state index in [1.165, 1.54) is 18.3 Å². The van der Waals surface area contributed by atoms with Crippen molar-refractivity contribution in [2.75, 3.05) is 20.3 Å². The molecule has 6 rings (SSSR count). The summed E-state index contributed by atoms with van der Waals surface area (Å²) in [6.45, 7) is 11.3. The highest BCUT2D eigenvalue weighted by Gasteiger charge is 2.37. The molecule has 3 N–H and O–H groups in total. The summed E-state index contributed by atoms with van der Waals surface area (Å²) in [5.41, 5.74) is 6.43. The average molecular weight is 945 g/mol. The minimum atomic E-state index is -0.968. The standard InChI is InChI=1S/C54H64N4O9S/c1-33(2)45(58(7)52(61)48(34(3)4)57-54(64)66-32-44-42-24-16-14-22-40(42)41-23-15-17-25-43(41)44)30-46(67-36(6)59)51-56-49(47(68-51)26-27-65-31-38-20-12-9-13-21-38)50(60)55-39(28-35(5)53(62)63)29-37-18-10-8-11-19-37/h8-25,33-35,39,44-46,48H,26-32H2,1-7H3,(H,55,60)(H,57,64)(H,62,63). The molecular weight excluding hydrogens is 881 g/mol. The van der Waals surface area contributed by atoms with Crippen LogP contribution in [0.5, 0.6) is 0 Å². The molecule has 0 radical (unpaired) electrons. The molecular formula is C54H64N4O9S. The van der Waals surface area contributed by atoms with Crippen molar-refractivity contribution in [2.45, 2.75) is 104 Å². The fourth-order valence-electron chi connectivity index (χ4n) is 8.82. The highest BCUT2D eigenvalue weighted by molar-refractivity contribution is 7.12. The van der Waals surface area contributed by atoms with Crippen molar-refractivity contribution in [1.29, 1.82) is 0 Å². The summed E-state index contributed by atoms with van der Waals surface area (Å²) in [5.74, 6) is -3.70. The van der Waals surface area contributed by atoms with Crippen molar-refractivity contribution in [3.63, 3.8) is 0 Å². The zero-order valence-electron chi connectivity index (χ0n) is 40.0. The molecule has 0 aliphatic heterocycles. The number of likely N-dealkylation sites (N-methyl/N-ethyl adjacent to an activating group) is 1. The Balaban J connectivity index is 1.21. The van der Waals surface area contributed by atoms with Gasteiger partial charge in [-0.15, -0.1) is 11.3 Å². The number of thiazole rings is 1. The third-order valence-corrected chi connectivity index (χ3v) is 13.6. The molecule has 5 aromatic rings. The lowest BCUT2D eigenvalue weighted by Crippen LogP contribution is -2.54. The Hall–Kier alpha value is -6.38. The van der Waals surface area contributed by atoms with Gasteiger partial charge in [-0.25, -0.2) is 9.78 Å². The highest BCUT2D eigenvalue weighted by Crippen LogP contribution is 2.44. The predicted molar refractivity (Wildman–Crippen MR) is 262 cm³/mol. The minimum Gasteiger partial charge on any atom is -0.481 e. The molecule has 13 nitrogen and oxygen atoms in total. The first-order chi connectivity index (χ1) is 32.6. The number of rotatable bonds is 23. The van der Waals surface area contributed by atoms with Gasteiger partial charge in [0.25, 0.3) is 5.91 Å². The minimum absolute atomic E-state index is 0.0947. The number of carbonyl (C=O) groups is 5. The molecule has 4 aromatic carbocycles. The number of esters is 1. The van der Waals surface area contributed by atoms with E-state index in [0.717, 1.165) is 33.4 Å². The summed E-state index contributed by atoms with van der Waals surface area (Å²) in [6, 6.07) is 33.4. The van der Waals surface area contributed by atoms with Crippen LogP contribution in [0, 0.1) is 17.8 Å². The van der Waals surface area contributed by atoms with Crippen LogP contribution in [0.25, 0.3) is 11.1 Å². The number of alkyl carbamates (subject to hydrolysis) is 1. The van der Waals surface area contributed by atoms with E-state index < -0.39 is 54.1 Å². The number of amides is 3. The second-order valence-corrected chi connectivity index (χ2v) is 19.3. The number of nitrogens with one attached hydrogen (secondary N) is 2. The molecule has 5 unspecified atom stereocenters. The Morgan fingerprint density at radius 1 is 0.765 bits per heavy atom. The SMILES string of the molecule is CC(=O)OC(CC(C(C)C)N(C)C(=O)C(NC(=O)OCC1c2ccccc2-c2ccccc21)C(C)C)c1nc(C(=O)NC(Cc2ccccc2)CC(C)C(=O)O)c(CCOCc2ccccc2)s1. The summed E-state index contributed by atoms with van der Waals surface area (Å²) in [4.78, 5) is 74.2. The fraction of sp³-hybridized carbons (Fsp3) is 0.407. The highest BCUT2D eigenvalue weighted by atomic mass is 32.1. The Labute approximate surface area is 403 Å². The molecule has 1 aromatic heterocycles. The summed E-state index contributed by atoms with van der Waals surface area (Å²) in [6.07, 6.45) is -0.618. The molecule has 1 aliphatic carbocycles. The van der Waals surface area contributed by atoms with Crippen molar-refractivity contribution in [2.24, 2.45) is 17.8 Å². The Morgan fingerprint density at radius 2 is 1.35 bits per heavy atom. The molecule has 3 amide bonds. The van der Waals surface area contributed by atoms with Gasteiger partial charge >= 0.3 is 18.0 Å². The number of aliphatic carboxylic acids is 1. The first-order valence-electron chi connectivity index (χ1n) is 23.3. The summed E-state index contributed by atoms with van der Waals surface area (Å²) in [7, 11) is 1.67. The van der Waals surface area contributed by atoms with Gasteiger partial charge in [0.15, 0.2) is 6.10 Å². The van der Waals surface area contributed by atoms with E-state index in [2.05, 4.69) is 22.8 Å². The van der Waals surface area contributed by atoms with Crippen molar-refractivity contribution >= 4 is 41.2 Å². The molecule has 0 spiro atoms. The molecule has 360 valence electrons. The van der Waals surface area contributed by atoms with Crippen LogP contribution in [0.1, 0.15) is 109 Å². The first kappa shape index (κ1) is 51.0. The van der Waals surface area contributed by atoms with Gasteiger partial charge < -0.3 is 34.9 Å². The van der Waals surface area contributed by atoms with Crippen LogP contribution in [-0.4, -0.2) is 83.2 Å². The summed E-state index contributed by atoms with van der Waals surface area (Å²) in [5, 5.41) is 16.1. The molecule has 0 bridgehead atoms. The van der Waals surface area contributed by atoms with Crippen molar-refractivity contribution in [1.82, 2.24) is 20.5 Å². The first-order valence-corrected chi connectivity index (χ1v) is 24.2. The van der Waals surface area contributed by atoms with Gasteiger partial charge in [0.1, 0.15) is 23.4 Å². The second-order valence-electron chi connectivity index (χ2n) is 18.2. The van der Waals surface area contributed by atoms with Gasteiger partial charge in [0.05, 0.1) is 19.1 Å². The number of ether oxygens (including phenoxy) is 3. The van der Waals surface area contributed by atoms with E-state index >= 15 is 0 Å². The van der Waals surface area contributed by atoms with Gasteiger partial charge in [-0.2, -0.15) is 0 Å². The second kappa shape index (κ2) is 24.1. The quantitative estimate of drug-likeness (QED) is 0.0423. The topological polar surface area (TPSA) is 173 Å². The molecule has 0 saturated heterocycles. The lowest BCUT2D eigenvalue weighted by molar-refractivity contribution is -0.148. The van der Waals surface area contributed by atoms with Gasteiger partial charge in [-0.05, 0) is 58.1 Å². The molecule has 0 fully saturated rings. The van der Waals surface area contributed by atoms with Crippen LogP contribution >= 0.6 is 11.3 Å². The average Bonchev–Trinajstić information content (AvgIpc) is 3.89. The summed E-state index contributed by atoms with van der Waals surface area (Å²) >= 11 is 1.23. The van der Waals surface area contributed by atoms with Gasteiger partial charge in [0, 0.05) is 49.7 Å². The van der Waals surface area contributed by atoms with E-state index in [1.807, 2.05) is 125 Å². The van der Waals surface area contributed by atoms with Crippen LogP contribution in [0.3, 0.4) is 0 Å². The normalized spacial score (nSPS) is 14.2. The molecule has 1 aliphatic rings. The van der Waals surface area contributed by atoms with Gasteiger partial charge in [0.2, 0.25) is 5.91 Å². The van der Waals surface area contributed by atoms with E-state index in [-0.39, 0.29) is 55.4 Å². The number of hydrogen-bond acceptors (Lipinski definition) is 10. The molecule has 1 heterocycles. The molecule has 0 saturated carbocycles. The van der Waals surface area contributed by atoms with E-state index in [1.54, 1.807) is 18.9 Å². The number of fused-ring (bicyclic) bond motifs is 3. The predicted octanol–water partition coefficient (Wildman–Crippen LogP) is 9.39. The monoisotopic (exact) mass is 944 g/mol. The van der Waals surface area contributed by atoms with E-state index in [9.17, 15) is 29.1 Å². The molecule has 14 heteroatoms. The number of nitrogens with zero attached hydrogens (tertiary/aromatic N) is 2. The van der Waals surface area contributed by atoms with Crippen molar-refractivity contribution < 1.29 is 43.3 Å². The number of carboxylic acids is 1. The number of hydrogen-bond donors (Lipinski definition) is 3. The number of carbonyl (C=O) groups excluding carboxylic acids is 4. The zero-order chi connectivity index (χ0) is 48.9. The Bertz CT molecular complexity index is 2450. The van der Waals surface area contributed by atoms with Crippen LogP contribution in [-0.2, 0) is 48.0 Å². The Morgan fingerprint density at radius 3 is 1.93 bits per heavy atom. The van der Waals surface area contributed by atoms with Crippen LogP contribution in [0.4, 0.5) is 4.79 Å². The lowest BCUT2D eigenvalue weighted by Gasteiger charge is -2.36. The number of carboxylic acid groups (broad SMARTS) is 1. The fourth-order valence-corrected chi connectivity index (χ4v) is 9.90. The third kappa shape index (κ3) is 13.4. The van der Waals surface area contributed by atoms with Crippen LogP contribution in [0.15, 0.2) is 109 Å². The van der Waals surface area contributed by atoms with Crippen LogP contribution in [0.2, 0.25) is 0 Å². The van der Waals surface area contributed by atoms with Crippen LogP contribution < -0.4 is 10.6 Å². The van der Waals surface area contributed by atoms with E-state index in [0.29, 0.717) is 29.3 Å². The smallest absolute Gasteiger partial charge is 0.407 e. The Kier molecular flexibility index (Phi) is 18.1. The lowest BCUT2D eigenvalue weighted by atomic mass is 9.94. The maximum Gasteiger partial charge on any atom is 0.407 e. The van der Waals surface area contributed by atoms with E-state index in [4.69, 9.17) is 19.2 Å². The molecule has 5 atom stereocenters. The number of benzene rings is 4. The maximum atomic E-state index is 14.5. The number of aromatic nitrogens is 1. The van der Waals surface area contributed by atoms with Gasteiger partial charge in [-0.3, -0.25) is 19.2 Å². The zero-order valence-corrected chi connectivity index (χ0v) is 40.8. The summed E-state index contributed by atoms with van der Waals surface area (Å²) < 4.78 is 17.9. The molecule has 68 heavy (non-hydrogen) atoms. The maximum absolute atomic E-state index is 14.5. The van der Waals surface area contributed by atoms with Gasteiger partial charge in [-0.1, -0.05) is 144 Å². The van der Waals surface area contributed by atoms with Crippen molar-refractivity contribution in [3.05, 3.63) is 147 Å². The third-order valence-electron chi connectivity index (χ3n) is 12.4. The largest absolute Gasteiger partial charge is 0.481 e. The van der Waals surface area contributed by atoms with Crippen molar-refractivity contribution in [3.8, 4) is 11.1 Å².